The molecule has 1 aliphatic heterocycles. The summed E-state index contributed by atoms with van der Waals surface area (Å²) in [7, 11) is 0. The molecule has 1 N–H and O–H groups in total. The van der Waals surface area contributed by atoms with Gasteiger partial charge < -0.3 is 4.98 Å². The SMILES string of the molecule is O=c1c(=Cc2c[nH]c3ccccc23)sc2n1C(c1ccc(Br)cc1)C=C(c1ccccc1)N=2. The van der Waals surface area contributed by atoms with Crippen molar-refractivity contribution >= 4 is 49.9 Å². The van der Waals surface area contributed by atoms with Gasteiger partial charge in [-0.05, 0) is 41.5 Å². The Bertz CT molecular complexity index is 1690. The summed E-state index contributed by atoms with van der Waals surface area (Å²) in [6.07, 6.45) is 5.99. The zero-order valence-corrected chi connectivity index (χ0v) is 19.8. The lowest BCUT2D eigenvalue weighted by Gasteiger charge is -2.19. The third-order valence-corrected chi connectivity index (χ3v) is 7.35. The molecule has 0 saturated carbocycles. The molecule has 0 saturated heterocycles. The van der Waals surface area contributed by atoms with Gasteiger partial charge in [-0.1, -0.05) is 87.9 Å². The molecule has 1 aliphatic rings. The van der Waals surface area contributed by atoms with Crippen LogP contribution in [0.1, 0.15) is 22.7 Å². The Labute approximate surface area is 202 Å². The normalized spacial score (nSPS) is 15.8. The highest BCUT2D eigenvalue weighted by Crippen LogP contribution is 2.27. The molecular weight excluding hydrogens is 494 g/mol. The first-order valence-corrected chi connectivity index (χ1v) is 12.2. The molecule has 4 nitrogen and oxygen atoms in total. The van der Waals surface area contributed by atoms with Crippen LogP contribution in [0.4, 0.5) is 0 Å². The molecule has 33 heavy (non-hydrogen) atoms. The summed E-state index contributed by atoms with van der Waals surface area (Å²) in [6.45, 7) is 0. The molecule has 0 spiro atoms. The third-order valence-electron chi connectivity index (χ3n) is 5.84. The van der Waals surface area contributed by atoms with E-state index in [0.717, 1.165) is 37.8 Å². The van der Waals surface area contributed by atoms with E-state index >= 15 is 0 Å². The monoisotopic (exact) mass is 511 g/mol. The number of hydrogen-bond donors (Lipinski definition) is 1. The average molecular weight is 512 g/mol. The summed E-state index contributed by atoms with van der Waals surface area (Å²) in [4.78, 5) is 22.5. The number of H-pyrrole nitrogens is 1. The van der Waals surface area contributed by atoms with Crippen LogP contribution in [-0.4, -0.2) is 9.55 Å². The van der Waals surface area contributed by atoms with Crippen LogP contribution in [0.15, 0.2) is 105 Å². The lowest BCUT2D eigenvalue weighted by Crippen LogP contribution is -2.36. The van der Waals surface area contributed by atoms with E-state index in [-0.39, 0.29) is 11.6 Å². The maximum absolute atomic E-state index is 13.6. The molecule has 6 rings (SSSR count). The van der Waals surface area contributed by atoms with Crippen LogP contribution in [0.2, 0.25) is 0 Å². The number of benzene rings is 3. The Hall–Kier alpha value is -3.48. The van der Waals surface area contributed by atoms with Gasteiger partial charge in [0.05, 0.1) is 16.3 Å². The van der Waals surface area contributed by atoms with Crippen molar-refractivity contribution in [3.63, 3.8) is 0 Å². The second kappa shape index (κ2) is 8.14. The van der Waals surface area contributed by atoms with Gasteiger partial charge in [0, 0.05) is 27.1 Å². The van der Waals surface area contributed by atoms with Gasteiger partial charge in [-0.15, -0.1) is 0 Å². The van der Waals surface area contributed by atoms with Gasteiger partial charge in [0.1, 0.15) is 0 Å². The molecule has 6 heteroatoms. The molecule has 1 unspecified atom stereocenters. The molecule has 160 valence electrons. The molecule has 5 aromatic rings. The largest absolute Gasteiger partial charge is 0.361 e. The summed E-state index contributed by atoms with van der Waals surface area (Å²) in [6, 6.07) is 26.1. The second-order valence-electron chi connectivity index (χ2n) is 7.88. The van der Waals surface area contributed by atoms with Crippen LogP contribution in [-0.2, 0) is 0 Å². The standard InChI is InChI=1S/C27H18BrN3OS/c28-20-12-10-18(11-13-20)24-15-23(17-6-2-1-3-7-17)30-27-31(24)26(32)25(33-27)14-19-16-29-22-9-5-4-8-21(19)22/h1-16,24,29H. The van der Waals surface area contributed by atoms with Crippen LogP contribution in [0.5, 0.6) is 0 Å². The molecule has 3 heterocycles. The average Bonchev–Trinajstić information content (AvgIpc) is 3.41. The number of fused-ring (bicyclic) bond motifs is 2. The van der Waals surface area contributed by atoms with Crippen LogP contribution in [0, 0.1) is 0 Å². The molecule has 1 atom stereocenters. The molecule has 0 bridgehead atoms. The maximum Gasteiger partial charge on any atom is 0.271 e. The van der Waals surface area contributed by atoms with E-state index in [1.165, 1.54) is 11.3 Å². The molecule has 0 radical (unpaired) electrons. The lowest BCUT2D eigenvalue weighted by atomic mass is 10.0. The van der Waals surface area contributed by atoms with Crippen molar-refractivity contribution in [2.24, 2.45) is 4.99 Å². The molecule has 3 aromatic carbocycles. The van der Waals surface area contributed by atoms with Crippen molar-refractivity contribution in [3.05, 3.63) is 132 Å². The van der Waals surface area contributed by atoms with Gasteiger partial charge in [-0.3, -0.25) is 9.36 Å². The van der Waals surface area contributed by atoms with Crippen molar-refractivity contribution in [1.82, 2.24) is 9.55 Å². The van der Waals surface area contributed by atoms with Crippen molar-refractivity contribution in [2.45, 2.75) is 6.04 Å². The smallest absolute Gasteiger partial charge is 0.271 e. The van der Waals surface area contributed by atoms with Crippen molar-refractivity contribution in [2.75, 3.05) is 0 Å². The summed E-state index contributed by atoms with van der Waals surface area (Å²) in [5, 5.41) is 1.10. The van der Waals surface area contributed by atoms with Gasteiger partial charge in [-0.25, -0.2) is 4.99 Å². The molecule has 0 aliphatic carbocycles. The number of allylic oxidation sites excluding steroid dienone is 1. The first-order valence-electron chi connectivity index (χ1n) is 10.6. The van der Waals surface area contributed by atoms with Gasteiger partial charge in [0.2, 0.25) is 0 Å². The zero-order chi connectivity index (χ0) is 22.4. The van der Waals surface area contributed by atoms with E-state index in [0.29, 0.717) is 9.33 Å². The highest BCUT2D eigenvalue weighted by atomic mass is 79.9. The number of nitrogens with zero attached hydrogens (tertiary/aromatic N) is 2. The summed E-state index contributed by atoms with van der Waals surface area (Å²) in [5.41, 5.74) is 4.98. The predicted octanol–water partition coefficient (Wildman–Crippen LogP) is 5.25. The Morgan fingerprint density at radius 1 is 0.970 bits per heavy atom. The van der Waals surface area contributed by atoms with Gasteiger partial charge in [0.15, 0.2) is 4.80 Å². The minimum Gasteiger partial charge on any atom is -0.361 e. The fraction of sp³-hybridized carbons (Fsp3) is 0.0370. The maximum atomic E-state index is 13.6. The minimum atomic E-state index is -0.227. The minimum absolute atomic E-state index is 0.0275. The Morgan fingerprint density at radius 2 is 1.73 bits per heavy atom. The number of nitrogens with one attached hydrogen (secondary N) is 1. The number of thiazole rings is 1. The van der Waals surface area contributed by atoms with E-state index < -0.39 is 0 Å². The third kappa shape index (κ3) is 3.61. The highest BCUT2D eigenvalue weighted by Gasteiger charge is 2.22. The van der Waals surface area contributed by atoms with Crippen LogP contribution in [0.3, 0.4) is 0 Å². The van der Waals surface area contributed by atoms with Gasteiger partial charge in [0.25, 0.3) is 5.56 Å². The van der Waals surface area contributed by atoms with E-state index in [1.807, 2.05) is 72.9 Å². The van der Waals surface area contributed by atoms with E-state index in [1.54, 1.807) is 4.57 Å². The van der Waals surface area contributed by atoms with Crippen LogP contribution >= 0.6 is 27.3 Å². The van der Waals surface area contributed by atoms with Crippen LogP contribution in [0.25, 0.3) is 22.7 Å². The Morgan fingerprint density at radius 3 is 2.55 bits per heavy atom. The Balaban J connectivity index is 1.58. The van der Waals surface area contributed by atoms with Crippen molar-refractivity contribution in [3.8, 4) is 0 Å². The number of halogens is 1. The topological polar surface area (TPSA) is 50.1 Å². The first-order chi connectivity index (χ1) is 16.2. The van der Waals surface area contributed by atoms with Gasteiger partial charge >= 0.3 is 0 Å². The zero-order valence-electron chi connectivity index (χ0n) is 17.4. The summed E-state index contributed by atoms with van der Waals surface area (Å²) < 4.78 is 3.48. The molecule has 2 aromatic heterocycles. The molecule has 0 fully saturated rings. The fourth-order valence-electron chi connectivity index (χ4n) is 4.20. The lowest BCUT2D eigenvalue weighted by molar-refractivity contribution is 0.644. The van der Waals surface area contributed by atoms with E-state index in [2.05, 4.69) is 45.2 Å². The number of rotatable bonds is 3. The molecular formula is C27H18BrN3OS. The van der Waals surface area contributed by atoms with Crippen molar-refractivity contribution in [1.29, 1.82) is 0 Å². The number of hydrogen-bond acceptors (Lipinski definition) is 3. The summed E-state index contributed by atoms with van der Waals surface area (Å²) in [5.74, 6) is 0. The van der Waals surface area contributed by atoms with Gasteiger partial charge in [-0.2, -0.15) is 0 Å². The number of aromatic amines is 1. The van der Waals surface area contributed by atoms with E-state index in [9.17, 15) is 4.79 Å². The Kier molecular flexibility index (Phi) is 4.97. The number of para-hydroxylation sites is 1. The van der Waals surface area contributed by atoms with Crippen LogP contribution < -0.4 is 14.9 Å². The molecule has 0 amide bonds. The first kappa shape index (κ1) is 20.1. The second-order valence-corrected chi connectivity index (χ2v) is 9.81. The quantitative estimate of drug-likeness (QED) is 0.353. The fourth-order valence-corrected chi connectivity index (χ4v) is 5.48. The number of aromatic nitrogens is 2. The highest BCUT2D eigenvalue weighted by molar-refractivity contribution is 9.10. The van der Waals surface area contributed by atoms with Crippen molar-refractivity contribution < 1.29 is 0 Å². The predicted molar refractivity (Wildman–Crippen MR) is 138 cm³/mol. The van der Waals surface area contributed by atoms with E-state index in [4.69, 9.17) is 4.99 Å². The summed E-state index contributed by atoms with van der Waals surface area (Å²) >= 11 is 4.95.